The number of amides is 1. The van der Waals surface area contributed by atoms with Crippen LogP contribution >= 0.6 is 0 Å². The number of carbonyl (C=O) groups is 1. The molecule has 2 N–H and O–H groups in total. The van der Waals surface area contributed by atoms with E-state index in [0.29, 0.717) is 13.2 Å². The Morgan fingerprint density at radius 1 is 1.62 bits per heavy atom. The van der Waals surface area contributed by atoms with E-state index in [1.54, 1.807) is 11.8 Å². The average Bonchev–Trinajstić information content (AvgIpc) is 2.55. The third-order valence-corrected chi connectivity index (χ3v) is 2.08. The summed E-state index contributed by atoms with van der Waals surface area (Å²) in [6, 6.07) is 0. The second-order valence-electron chi connectivity index (χ2n) is 3.50. The molecule has 0 aliphatic rings. The maximum absolute atomic E-state index is 11.4. The van der Waals surface area contributed by atoms with E-state index in [-0.39, 0.29) is 12.5 Å². The Morgan fingerprint density at radius 2 is 2.38 bits per heavy atom. The highest BCUT2D eigenvalue weighted by Gasteiger charge is 2.04. The van der Waals surface area contributed by atoms with Gasteiger partial charge in [0, 0.05) is 26.9 Å². The lowest BCUT2D eigenvalue weighted by molar-refractivity contribution is -0.119. The van der Waals surface area contributed by atoms with Gasteiger partial charge in [0.25, 0.3) is 0 Å². The van der Waals surface area contributed by atoms with Crippen LogP contribution in [-0.2, 0) is 16.6 Å². The lowest BCUT2D eigenvalue weighted by Crippen LogP contribution is -2.32. The number of methoxy groups -OCH3 is 1. The highest BCUT2D eigenvalue weighted by molar-refractivity contribution is 5.80. The molecule has 6 nitrogen and oxygen atoms in total. The van der Waals surface area contributed by atoms with Gasteiger partial charge in [-0.15, -0.1) is 0 Å². The summed E-state index contributed by atoms with van der Waals surface area (Å²) < 4.78 is 6.54. The molecule has 1 heterocycles. The SMILES string of the molecule is COCCNC(=O)CNc1cn(C)nc1C. The van der Waals surface area contributed by atoms with Crippen molar-refractivity contribution in [1.29, 1.82) is 0 Å². The fraction of sp³-hybridized carbons (Fsp3) is 0.600. The third-order valence-electron chi connectivity index (χ3n) is 2.08. The lowest BCUT2D eigenvalue weighted by Gasteiger charge is -2.06. The monoisotopic (exact) mass is 226 g/mol. The summed E-state index contributed by atoms with van der Waals surface area (Å²) >= 11 is 0. The van der Waals surface area contributed by atoms with Crippen LogP contribution in [0.2, 0.25) is 0 Å². The standard InChI is InChI=1S/C10H18N4O2/c1-8-9(7-14(2)13-8)12-6-10(15)11-4-5-16-3/h7,12H,4-6H2,1-3H3,(H,11,15). The molecule has 0 unspecified atom stereocenters. The molecule has 1 amide bonds. The van der Waals surface area contributed by atoms with Crippen molar-refractivity contribution in [3.63, 3.8) is 0 Å². The first-order valence-corrected chi connectivity index (χ1v) is 5.13. The number of hydrogen-bond acceptors (Lipinski definition) is 4. The molecule has 0 atom stereocenters. The highest BCUT2D eigenvalue weighted by atomic mass is 16.5. The minimum absolute atomic E-state index is 0.0553. The average molecular weight is 226 g/mol. The zero-order valence-corrected chi connectivity index (χ0v) is 9.91. The van der Waals surface area contributed by atoms with Gasteiger partial charge in [-0.05, 0) is 6.92 Å². The molecular formula is C10H18N4O2. The number of hydrogen-bond donors (Lipinski definition) is 2. The van der Waals surface area contributed by atoms with Crippen LogP contribution in [0.1, 0.15) is 5.69 Å². The second-order valence-corrected chi connectivity index (χ2v) is 3.50. The molecule has 0 radical (unpaired) electrons. The number of aromatic nitrogens is 2. The molecule has 0 aliphatic heterocycles. The molecule has 0 saturated heterocycles. The largest absolute Gasteiger partial charge is 0.383 e. The Morgan fingerprint density at radius 3 is 2.94 bits per heavy atom. The number of nitrogens with one attached hydrogen (secondary N) is 2. The maximum Gasteiger partial charge on any atom is 0.239 e. The van der Waals surface area contributed by atoms with E-state index in [9.17, 15) is 4.79 Å². The molecule has 0 aromatic carbocycles. The summed E-state index contributed by atoms with van der Waals surface area (Å²) in [5, 5.41) is 9.92. The molecule has 0 spiro atoms. The second kappa shape index (κ2) is 6.12. The van der Waals surface area contributed by atoms with E-state index in [2.05, 4.69) is 15.7 Å². The Bertz CT molecular complexity index is 349. The van der Waals surface area contributed by atoms with Crippen molar-refractivity contribution in [1.82, 2.24) is 15.1 Å². The Balaban J connectivity index is 2.29. The highest BCUT2D eigenvalue weighted by Crippen LogP contribution is 2.10. The first-order valence-electron chi connectivity index (χ1n) is 5.13. The predicted molar refractivity (Wildman–Crippen MR) is 61.3 cm³/mol. The molecule has 1 aromatic heterocycles. The molecule has 0 saturated carbocycles. The molecular weight excluding hydrogens is 208 g/mol. The van der Waals surface area contributed by atoms with Crippen LogP contribution in [-0.4, -0.2) is 42.5 Å². The number of ether oxygens (including phenoxy) is 1. The van der Waals surface area contributed by atoms with E-state index < -0.39 is 0 Å². The van der Waals surface area contributed by atoms with Gasteiger partial charge >= 0.3 is 0 Å². The number of aryl methyl sites for hydroxylation is 2. The van der Waals surface area contributed by atoms with Gasteiger partial charge in [-0.25, -0.2) is 0 Å². The molecule has 0 fully saturated rings. The normalized spacial score (nSPS) is 10.2. The van der Waals surface area contributed by atoms with Crippen molar-refractivity contribution in [3.05, 3.63) is 11.9 Å². The van der Waals surface area contributed by atoms with Crippen LogP contribution in [0.4, 0.5) is 5.69 Å². The molecule has 1 aromatic rings. The van der Waals surface area contributed by atoms with Crippen molar-refractivity contribution < 1.29 is 9.53 Å². The lowest BCUT2D eigenvalue weighted by atomic mass is 10.4. The zero-order chi connectivity index (χ0) is 12.0. The summed E-state index contributed by atoms with van der Waals surface area (Å²) in [7, 11) is 3.44. The van der Waals surface area contributed by atoms with Crippen molar-refractivity contribution in [3.8, 4) is 0 Å². The van der Waals surface area contributed by atoms with E-state index in [0.717, 1.165) is 11.4 Å². The third kappa shape index (κ3) is 3.90. The van der Waals surface area contributed by atoms with Gasteiger partial charge in [0.2, 0.25) is 5.91 Å². The van der Waals surface area contributed by atoms with E-state index >= 15 is 0 Å². The molecule has 6 heteroatoms. The van der Waals surface area contributed by atoms with E-state index in [1.165, 1.54) is 0 Å². The molecule has 0 bridgehead atoms. The quantitative estimate of drug-likeness (QED) is 0.665. The Labute approximate surface area is 95.0 Å². The fourth-order valence-electron chi connectivity index (χ4n) is 1.30. The van der Waals surface area contributed by atoms with Gasteiger partial charge < -0.3 is 15.4 Å². The summed E-state index contributed by atoms with van der Waals surface area (Å²) in [6.45, 7) is 3.20. The van der Waals surface area contributed by atoms with Crippen LogP contribution in [0.25, 0.3) is 0 Å². The van der Waals surface area contributed by atoms with Crippen LogP contribution in [0.15, 0.2) is 6.20 Å². The smallest absolute Gasteiger partial charge is 0.239 e. The summed E-state index contributed by atoms with van der Waals surface area (Å²) in [6.07, 6.45) is 1.85. The molecule has 0 aliphatic carbocycles. The summed E-state index contributed by atoms with van der Waals surface area (Å²) in [4.78, 5) is 11.4. The molecule has 1 rings (SSSR count). The minimum atomic E-state index is -0.0553. The van der Waals surface area contributed by atoms with Crippen molar-refractivity contribution in [2.24, 2.45) is 7.05 Å². The van der Waals surface area contributed by atoms with Gasteiger partial charge in [0.15, 0.2) is 0 Å². The first kappa shape index (κ1) is 12.5. The van der Waals surface area contributed by atoms with Gasteiger partial charge in [-0.1, -0.05) is 0 Å². The van der Waals surface area contributed by atoms with Gasteiger partial charge in [0.1, 0.15) is 0 Å². The van der Waals surface area contributed by atoms with Crippen LogP contribution in [0.5, 0.6) is 0 Å². The number of carbonyl (C=O) groups excluding carboxylic acids is 1. The van der Waals surface area contributed by atoms with E-state index in [1.807, 2.05) is 20.2 Å². The van der Waals surface area contributed by atoms with Crippen molar-refractivity contribution in [2.45, 2.75) is 6.92 Å². The zero-order valence-electron chi connectivity index (χ0n) is 9.91. The summed E-state index contributed by atoms with van der Waals surface area (Å²) in [5.41, 5.74) is 1.76. The predicted octanol–water partition coefficient (Wildman–Crippen LogP) is -0.0970. The topological polar surface area (TPSA) is 68.2 Å². The van der Waals surface area contributed by atoms with Gasteiger partial charge in [-0.3, -0.25) is 9.48 Å². The summed E-state index contributed by atoms with van der Waals surface area (Å²) in [5.74, 6) is -0.0553. The number of rotatable bonds is 6. The maximum atomic E-state index is 11.4. The number of nitrogens with zero attached hydrogens (tertiary/aromatic N) is 2. The molecule has 16 heavy (non-hydrogen) atoms. The van der Waals surface area contributed by atoms with Gasteiger partial charge in [0.05, 0.1) is 24.5 Å². The number of anilines is 1. The first-order chi connectivity index (χ1) is 7.63. The Hall–Kier alpha value is -1.56. The minimum Gasteiger partial charge on any atom is -0.383 e. The van der Waals surface area contributed by atoms with E-state index in [4.69, 9.17) is 4.74 Å². The van der Waals surface area contributed by atoms with Gasteiger partial charge in [-0.2, -0.15) is 5.10 Å². The van der Waals surface area contributed by atoms with Crippen LogP contribution < -0.4 is 10.6 Å². The van der Waals surface area contributed by atoms with Crippen molar-refractivity contribution in [2.75, 3.05) is 32.1 Å². The Kier molecular flexibility index (Phi) is 4.78. The van der Waals surface area contributed by atoms with Crippen molar-refractivity contribution >= 4 is 11.6 Å². The van der Waals surface area contributed by atoms with Crippen LogP contribution in [0.3, 0.4) is 0 Å². The molecule has 90 valence electrons. The van der Waals surface area contributed by atoms with Crippen LogP contribution in [0, 0.1) is 6.92 Å². The fourth-order valence-corrected chi connectivity index (χ4v) is 1.30.